The number of hydrogen-bond acceptors (Lipinski definition) is 3. The standard InChI is InChI=1S/C18H25N3/c1-2-19-13-15-7-10-21(11-8-15)14-16-5-6-18-17(12-16)4-3-9-20-18/h3-6,9,12,15,19H,2,7-8,10-11,13-14H2,1H3. The van der Waals surface area contributed by atoms with Crippen LogP contribution in [0.5, 0.6) is 0 Å². The normalized spacial score (nSPS) is 17.4. The zero-order valence-electron chi connectivity index (χ0n) is 12.9. The van der Waals surface area contributed by atoms with Crippen molar-refractivity contribution in [3.63, 3.8) is 0 Å². The van der Waals surface area contributed by atoms with Crippen LogP contribution in [0, 0.1) is 5.92 Å². The lowest BCUT2D eigenvalue weighted by Crippen LogP contribution is -2.36. The van der Waals surface area contributed by atoms with Crippen molar-refractivity contribution in [2.75, 3.05) is 26.2 Å². The van der Waals surface area contributed by atoms with Gasteiger partial charge >= 0.3 is 0 Å². The second kappa shape index (κ2) is 7.01. The van der Waals surface area contributed by atoms with Crippen molar-refractivity contribution in [3.8, 4) is 0 Å². The Labute approximate surface area is 127 Å². The largest absolute Gasteiger partial charge is 0.317 e. The van der Waals surface area contributed by atoms with E-state index in [1.807, 2.05) is 12.3 Å². The Morgan fingerprint density at radius 1 is 1.24 bits per heavy atom. The molecule has 21 heavy (non-hydrogen) atoms. The van der Waals surface area contributed by atoms with E-state index in [1.54, 1.807) is 0 Å². The molecule has 0 radical (unpaired) electrons. The third-order valence-electron chi connectivity index (χ3n) is 4.46. The molecule has 0 spiro atoms. The van der Waals surface area contributed by atoms with E-state index < -0.39 is 0 Å². The predicted octanol–water partition coefficient (Wildman–Crippen LogP) is 3.06. The number of pyridine rings is 1. The number of fused-ring (bicyclic) bond motifs is 1. The van der Waals surface area contributed by atoms with Gasteiger partial charge in [-0.2, -0.15) is 0 Å². The zero-order chi connectivity index (χ0) is 14.5. The van der Waals surface area contributed by atoms with Crippen molar-refractivity contribution in [1.29, 1.82) is 0 Å². The maximum atomic E-state index is 4.39. The molecule has 2 heterocycles. The van der Waals surface area contributed by atoms with E-state index in [9.17, 15) is 0 Å². The van der Waals surface area contributed by atoms with Crippen molar-refractivity contribution in [3.05, 3.63) is 42.1 Å². The van der Waals surface area contributed by atoms with Gasteiger partial charge in [-0.25, -0.2) is 0 Å². The molecule has 0 aliphatic carbocycles. The van der Waals surface area contributed by atoms with E-state index in [0.29, 0.717) is 0 Å². The van der Waals surface area contributed by atoms with Crippen molar-refractivity contribution in [2.45, 2.75) is 26.3 Å². The molecule has 3 rings (SSSR count). The fraction of sp³-hybridized carbons (Fsp3) is 0.500. The summed E-state index contributed by atoms with van der Waals surface area (Å²) in [6, 6.07) is 10.8. The van der Waals surface area contributed by atoms with Gasteiger partial charge in [0.15, 0.2) is 0 Å². The lowest BCUT2D eigenvalue weighted by molar-refractivity contribution is 0.176. The van der Waals surface area contributed by atoms with Crippen LogP contribution in [0.4, 0.5) is 0 Å². The highest BCUT2D eigenvalue weighted by molar-refractivity contribution is 5.78. The summed E-state index contributed by atoms with van der Waals surface area (Å²) in [5.41, 5.74) is 2.49. The fourth-order valence-corrected chi connectivity index (χ4v) is 3.18. The van der Waals surface area contributed by atoms with E-state index in [2.05, 4.69) is 46.4 Å². The molecule has 0 amide bonds. The Morgan fingerprint density at radius 2 is 2.10 bits per heavy atom. The van der Waals surface area contributed by atoms with Gasteiger partial charge < -0.3 is 5.32 Å². The Kier molecular flexibility index (Phi) is 4.84. The van der Waals surface area contributed by atoms with E-state index >= 15 is 0 Å². The third kappa shape index (κ3) is 3.80. The highest BCUT2D eigenvalue weighted by Crippen LogP contribution is 2.20. The highest BCUT2D eigenvalue weighted by atomic mass is 15.1. The molecule has 0 saturated carbocycles. The van der Waals surface area contributed by atoms with Crippen LogP contribution in [-0.2, 0) is 6.54 Å². The second-order valence-corrected chi connectivity index (χ2v) is 6.06. The van der Waals surface area contributed by atoms with Gasteiger partial charge in [0.05, 0.1) is 5.52 Å². The Balaban J connectivity index is 1.56. The van der Waals surface area contributed by atoms with Crippen LogP contribution in [0.25, 0.3) is 10.9 Å². The molecule has 3 heteroatoms. The molecular formula is C18H25N3. The SMILES string of the molecule is CCNCC1CCN(Cc2ccc3ncccc3c2)CC1. The van der Waals surface area contributed by atoms with Crippen molar-refractivity contribution >= 4 is 10.9 Å². The first-order chi connectivity index (χ1) is 10.3. The van der Waals surface area contributed by atoms with Gasteiger partial charge in [0.1, 0.15) is 0 Å². The first-order valence-corrected chi connectivity index (χ1v) is 8.12. The summed E-state index contributed by atoms with van der Waals surface area (Å²) in [5.74, 6) is 0.863. The minimum absolute atomic E-state index is 0.863. The number of piperidine rings is 1. The van der Waals surface area contributed by atoms with Gasteiger partial charge in [-0.3, -0.25) is 9.88 Å². The average molecular weight is 283 g/mol. The minimum atomic E-state index is 0.863. The summed E-state index contributed by atoms with van der Waals surface area (Å²) in [6.45, 7) is 7.97. The topological polar surface area (TPSA) is 28.2 Å². The first kappa shape index (κ1) is 14.5. The molecule has 0 atom stereocenters. The number of benzene rings is 1. The van der Waals surface area contributed by atoms with Crippen LogP contribution in [0.3, 0.4) is 0 Å². The van der Waals surface area contributed by atoms with Crippen molar-refractivity contribution in [2.24, 2.45) is 5.92 Å². The maximum absolute atomic E-state index is 4.39. The van der Waals surface area contributed by atoms with Gasteiger partial charge in [-0.1, -0.05) is 19.1 Å². The summed E-state index contributed by atoms with van der Waals surface area (Å²) < 4.78 is 0. The molecule has 1 aliphatic rings. The smallest absolute Gasteiger partial charge is 0.0702 e. The molecule has 1 aromatic heterocycles. The number of nitrogens with one attached hydrogen (secondary N) is 1. The molecule has 0 unspecified atom stereocenters. The third-order valence-corrected chi connectivity index (χ3v) is 4.46. The molecule has 1 fully saturated rings. The van der Waals surface area contributed by atoms with Crippen molar-refractivity contribution < 1.29 is 0 Å². The van der Waals surface area contributed by atoms with Crippen molar-refractivity contribution in [1.82, 2.24) is 15.2 Å². The molecule has 2 aromatic rings. The number of likely N-dealkylation sites (tertiary alicyclic amines) is 1. The predicted molar refractivity (Wildman–Crippen MR) is 88.3 cm³/mol. The number of aromatic nitrogens is 1. The van der Waals surface area contributed by atoms with Crippen LogP contribution in [0.1, 0.15) is 25.3 Å². The Hall–Kier alpha value is -1.45. The summed E-state index contributed by atoms with van der Waals surface area (Å²) in [5, 5.41) is 4.72. The average Bonchev–Trinajstić information content (AvgIpc) is 2.54. The number of hydrogen-bond donors (Lipinski definition) is 1. The summed E-state index contributed by atoms with van der Waals surface area (Å²) in [7, 11) is 0. The summed E-state index contributed by atoms with van der Waals surface area (Å²) in [4.78, 5) is 6.97. The lowest BCUT2D eigenvalue weighted by atomic mass is 9.96. The van der Waals surface area contributed by atoms with Gasteiger partial charge in [-0.05, 0) is 68.7 Å². The van der Waals surface area contributed by atoms with Crippen LogP contribution in [0.15, 0.2) is 36.5 Å². The van der Waals surface area contributed by atoms with Crippen LogP contribution in [0.2, 0.25) is 0 Å². The number of nitrogens with zero attached hydrogens (tertiary/aromatic N) is 2. The molecular weight excluding hydrogens is 258 g/mol. The Bertz CT molecular complexity index is 573. The minimum Gasteiger partial charge on any atom is -0.317 e. The van der Waals surface area contributed by atoms with E-state index in [1.165, 1.54) is 43.4 Å². The quantitative estimate of drug-likeness (QED) is 0.914. The van der Waals surface area contributed by atoms with E-state index in [-0.39, 0.29) is 0 Å². The molecule has 112 valence electrons. The molecule has 3 nitrogen and oxygen atoms in total. The monoisotopic (exact) mass is 283 g/mol. The van der Waals surface area contributed by atoms with Crippen LogP contribution >= 0.6 is 0 Å². The van der Waals surface area contributed by atoms with E-state index in [0.717, 1.165) is 24.5 Å². The maximum Gasteiger partial charge on any atom is 0.0702 e. The first-order valence-electron chi connectivity index (χ1n) is 8.12. The summed E-state index contributed by atoms with van der Waals surface area (Å²) >= 11 is 0. The molecule has 1 saturated heterocycles. The van der Waals surface area contributed by atoms with Crippen LogP contribution < -0.4 is 5.32 Å². The van der Waals surface area contributed by atoms with Crippen LogP contribution in [-0.4, -0.2) is 36.1 Å². The second-order valence-electron chi connectivity index (χ2n) is 6.06. The molecule has 1 aromatic carbocycles. The van der Waals surface area contributed by atoms with Gasteiger partial charge in [0, 0.05) is 18.1 Å². The zero-order valence-corrected chi connectivity index (χ0v) is 12.9. The van der Waals surface area contributed by atoms with E-state index in [4.69, 9.17) is 0 Å². The van der Waals surface area contributed by atoms with Gasteiger partial charge in [0.25, 0.3) is 0 Å². The fourth-order valence-electron chi connectivity index (χ4n) is 3.18. The lowest BCUT2D eigenvalue weighted by Gasteiger charge is -2.32. The molecule has 1 N–H and O–H groups in total. The molecule has 1 aliphatic heterocycles. The Morgan fingerprint density at radius 3 is 2.90 bits per heavy atom. The molecule has 0 bridgehead atoms. The highest BCUT2D eigenvalue weighted by Gasteiger charge is 2.18. The van der Waals surface area contributed by atoms with Gasteiger partial charge in [-0.15, -0.1) is 0 Å². The number of rotatable bonds is 5. The summed E-state index contributed by atoms with van der Waals surface area (Å²) in [6.07, 6.45) is 4.50. The van der Waals surface area contributed by atoms with Gasteiger partial charge in [0.2, 0.25) is 0 Å².